The molecule has 1 spiro atoms. The first-order valence-electron chi connectivity index (χ1n) is 9.66. The molecule has 1 aromatic carbocycles. The fraction of sp³-hybridized carbons (Fsp3) is 0.333. The summed E-state index contributed by atoms with van der Waals surface area (Å²) in [5, 5.41) is 3.02. The van der Waals surface area contributed by atoms with Crippen LogP contribution in [-0.4, -0.2) is 42.8 Å². The quantitative estimate of drug-likeness (QED) is 0.701. The Kier molecular flexibility index (Phi) is 3.68. The number of aromatic amines is 1. The Morgan fingerprint density at radius 3 is 2.76 bits per heavy atom. The molecule has 2 N–H and O–H groups in total. The van der Waals surface area contributed by atoms with E-state index in [1.54, 1.807) is 11.1 Å². The van der Waals surface area contributed by atoms with E-state index in [2.05, 4.69) is 20.3 Å². The van der Waals surface area contributed by atoms with E-state index >= 15 is 0 Å². The fourth-order valence-corrected chi connectivity index (χ4v) is 4.86. The number of imidazole rings is 2. The number of hydrogen-bond acceptors (Lipinski definition) is 4. The average Bonchev–Trinajstić information content (AvgIpc) is 3.43. The highest BCUT2D eigenvalue weighted by atomic mass is 16.2. The minimum atomic E-state index is -0.870. The third kappa shape index (κ3) is 2.31. The Bertz CT molecular complexity index is 1150. The predicted molar refractivity (Wildman–Crippen MR) is 106 cm³/mol. The van der Waals surface area contributed by atoms with Crippen LogP contribution in [0.1, 0.15) is 45.9 Å². The number of anilines is 1. The lowest BCUT2D eigenvalue weighted by atomic mass is 9.74. The van der Waals surface area contributed by atoms with Crippen LogP contribution in [0.2, 0.25) is 0 Å². The average molecular weight is 390 g/mol. The van der Waals surface area contributed by atoms with Crippen LogP contribution in [0.4, 0.5) is 5.69 Å². The molecule has 2 aliphatic heterocycles. The maximum atomic E-state index is 13.5. The van der Waals surface area contributed by atoms with Gasteiger partial charge in [-0.2, -0.15) is 0 Å². The van der Waals surface area contributed by atoms with Gasteiger partial charge in [0.25, 0.3) is 5.91 Å². The highest BCUT2D eigenvalue weighted by molar-refractivity contribution is 6.08. The van der Waals surface area contributed by atoms with E-state index in [4.69, 9.17) is 0 Å². The summed E-state index contributed by atoms with van der Waals surface area (Å²) in [6, 6.07) is 7.20. The summed E-state index contributed by atoms with van der Waals surface area (Å²) in [6.45, 7) is 4.11. The van der Waals surface area contributed by atoms with Gasteiger partial charge in [0.1, 0.15) is 28.8 Å². The molecule has 2 aromatic heterocycles. The monoisotopic (exact) mass is 390 g/mol. The fourth-order valence-electron chi connectivity index (χ4n) is 4.86. The van der Waals surface area contributed by atoms with E-state index in [9.17, 15) is 9.59 Å². The van der Waals surface area contributed by atoms with Crippen LogP contribution in [-0.2, 0) is 17.3 Å². The van der Waals surface area contributed by atoms with Gasteiger partial charge in [0.2, 0.25) is 5.91 Å². The molecule has 148 valence electrons. The molecule has 2 aliphatic rings. The van der Waals surface area contributed by atoms with Crippen molar-refractivity contribution in [3.8, 4) is 0 Å². The topological polar surface area (TPSA) is 95.9 Å². The first-order chi connectivity index (χ1) is 13.9. The Labute approximate surface area is 168 Å². The summed E-state index contributed by atoms with van der Waals surface area (Å²) < 4.78 is 1.88. The molecule has 2 amide bonds. The number of aromatic nitrogens is 4. The summed E-state index contributed by atoms with van der Waals surface area (Å²) in [4.78, 5) is 40.7. The summed E-state index contributed by atoms with van der Waals surface area (Å²) >= 11 is 0. The first kappa shape index (κ1) is 17.7. The second-order valence-corrected chi connectivity index (χ2v) is 7.81. The van der Waals surface area contributed by atoms with Gasteiger partial charge < -0.3 is 19.8 Å². The number of carbonyl (C=O) groups is 2. The number of H-pyrrole nitrogens is 1. The van der Waals surface area contributed by atoms with Crippen LogP contribution < -0.4 is 5.32 Å². The Balaban J connectivity index is 1.69. The van der Waals surface area contributed by atoms with Crippen molar-refractivity contribution >= 4 is 17.5 Å². The number of para-hydroxylation sites is 1. The number of likely N-dealkylation sites (tertiary alicyclic amines) is 1. The van der Waals surface area contributed by atoms with Crippen molar-refractivity contribution in [2.75, 3.05) is 11.9 Å². The normalized spacial score (nSPS) is 22.9. The molecule has 8 heteroatoms. The largest absolute Gasteiger partial charge is 0.346 e. The maximum absolute atomic E-state index is 13.5. The second-order valence-electron chi connectivity index (χ2n) is 7.81. The zero-order chi connectivity index (χ0) is 20.3. The maximum Gasteiger partial charge on any atom is 0.274 e. The van der Waals surface area contributed by atoms with E-state index in [1.807, 2.05) is 55.9 Å². The van der Waals surface area contributed by atoms with E-state index in [-0.39, 0.29) is 11.8 Å². The van der Waals surface area contributed by atoms with Crippen LogP contribution in [0.15, 0.2) is 36.7 Å². The molecule has 0 saturated carbocycles. The number of amides is 2. The molecule has 2 atom stereocenters. The van der Waals surface area contributed by atoms with Crippen molar-refractivity contribution in [1.82, 2.24) is 24.4 Å². The molecule has 8 nitrogen and oxygen atoms in total. The minimum absolute atomic E-state index is 0.0862. The van der Waals surface area contributed by atoms with Crippen LogP contribution in [0.5, 0.6) is 0 Å². The lowest BCUT2D eigenvalue weighted by molar-refractivity contribution is -0.121. The lowest BCUT2D eigenvalue weighted by Crippen LogP contribution is -2.44. The number of benzene rings is 1. The summed E-state index contributed by atoms with van der Waals surface area (Å²) in [5.74, 6) is 1.11. The van der Waals surface area contributed by atoms with Crippen molar-refractivity contribution in [3.63, 3.8) is 0 Å². The number of nitrogens with zero attached hydrogens (tertiary/aromatic N) is 4. The van der Waals surface area contributed by atoms with E-state index in [1.165, 1.54) is 0 Å². The molecule has 1 saturated heterocycles. The summed E-state index contributed by atoms with van der Waals surface area (Å²) in [5.41, 5.74) is 1.97. The zero-order valence-corrected chi connectivity index (χ0v) is 16.6. The third-order valence-electron chi connectivity index (χ3n) is 6.16. The molecule has 5 rings (SSSR count). The van der Waals surface area contributed by atoms with E-state index in [0.717, 1.165) is 16.9 Å². The molecule has 1 fully saturated rings. The zero-order valence-electron chi connectivity index (χ0n) is 16.6. The molecule has 29 heavy (non-hydrogen) atoms. The second kappa shape index (κ2) is 6.04. The van der Waals surface area contributed by atoms with Gasteiger partial charge in [0.15, 0.2) is 0 Å². The predicted octanol–water partition coefficient (Wildman–Crippen LogP) is 2.24. The van der Waals surface area contributed by atoms with Crippen molar-refractivity contribution in [2.45, 2.75) is 31.7 Å². The van der Waals surface area contributed by atoms with Crippen molar-refractivity contribution in [3.05, 3.63) is 65.3 Å². The van der Waals surface area contributed by atoms with Crippen LogP contribution in [0, 0.1) is 13.8 Å². The molecule has 0 unspecified atom stereocenters. The molecular weight excluding hydrogens is 368 g/mol. The number of fused-ring (bicyclic) bond motifs is 2. The van der Waals surface area contributed by atoms with Crippen LogP contribution >= 0.6 is 0 Å². The van der Waals surface area contributed by atoms with E-state index in [0.29, 0.717) is 30.3 Å². The molecule has 0 bridgehead atoms. The van der Waals surface area contributed by atoms with E-state index < -0.39 is 11.5 Å². The lowest BCUT2D eigenvalue weighted by Gasteiger charge is -2.33. The Morgan fingerprint density at radius 2 is 2.07 bits per heavy atom. The summed E-state index contributed by atoms with van der Waals surface area (Å²) in [6.07, 6.45) is 4.07. The number of nitrogens with one attached hydrogen (secondary N) is 2. The van der Waals surface area contributed by atoms with Gasteiger partial charge in [-0.05, 0) is 31.9 Å². The molecule has 0 aliphatic carbocycles. The van der Waals surface area contributed by atoms with Crippen molar-refractivity contribution in [1.29, 1.82) is 0 Å². The molecule has 3 aromatic rings. The summed E-state index contributed by atoms with van der Waals surface area (Å²) in [7, 11) is 1.89. The SMILES string of the molecule is Cc1nc(C(=O)N2CC[C@]3(C(=O)Nc4ccccc43)[C@@H]2c2nccn2C)c(C)[nH]1. The van der Waals surface area contributed by atoms with Crippen LogP contribution in [0.25, 0.3) is 0 Å². The Hall–Kier alpha value is -3.42. The number of carbonyl (C=O) groups excluding carboxylic acids is 2. The van der Waals surface area contributed by atoms with Gasteiger partial charge in [0, 0.05) is 37.4 Å². The number of rotatable bonds is 2. The van der Waals surface area contributed by atoms with Gasteiger partial charge in [-0.3, -0.25) is 9.59 Å². The smallest absolute Gasteiger partial charge is 0.274 e. The number of hydrogen-bond donors (Lipinski definition) is 2. The molecular formula is C21H22N6O2. The van der Waals surface area contributed by atoms with Crippen molar-refractivity contribution < 1.29 is 9.59 Å². The minimum Gasteiger partial charge on any atom is -0.346 e. The van der Waals surface area contributed by atoms with Gasteiger partial charge in [0.05, 0.1) is 0 Å². The van der Waals surface area contributed by atoms with Gasteiger partial charge in [-0.15, -0.1) is 0 Å². The highest BCUT2D eigenvalue weighted by Gasteiger charge is 2.60. The number of aryl methyl sites for hydroxylation is 3. The van der Waals surface area contributed by atoms with Crippen LogP contribution in [0.3, 0.4) is 0 Å². The standard InChI is InChI=1S/C21H22N6O2/c1-12-16(24-13(2)23-12)19(28)27-10-8-21(17(27)18-22-9-11-26(18)3)14-6-4-5-7-15(14)25-20(21)29/h4-7,9,11,17H,8,10H2,1-3H3,(H,23,24)(H,25,29)/t17-,21+/m0/s1. The van der Waals surface area contributed by atoms with Crippen molar-refractivity contribution in [2.24, 2.45) is 7.05 Å². The van der Waals surface area contributed by atoms with Gasteiger partial charge in [-0.1, -0.05) is 18.2 Å². The third-order valence-corrected chi connectivity index (χ3v) is 6.16. The molecule has 0 radical (unpaired) electrons. The highest BCUT2D eigenvalue weighted by Crippen LogP contribution is 2.54. The Morgan fingerprint density at radius 1 is 1.28 bits per heavy atom. The molecule has 4 heterocycles. The first-order valence-corrected chi connectivity index (χ1v) is 9.66. The van der Waals surface area contributed by atoms with Gasteiger partial charge in [-0.25, -0.2) is 9.97 Å². The van der Waals surface area contributed by atoms with Gasteiger partial charge >= 0.3 is 0 Å².